The lowest BCUT2D eigenvalue weighted by atomic mass is 10.1. The van der Waals surface area contributed by atoms with E-state index in [9.17, 15) is 0 Å². The molecule has 28 heavy (non-hydrogen) atoms. The number of aliphatic imine (C=N–C) groups is 1. The number of benzene rings is 1. The lowest BCUT2D eigenvalue weighted by Crippen LogP contribution is -2.40. The second-order valence-electron chi connectivity index (χ2n) is 7.97. The zero-order chi connectivity index (χ0) is 19.8. The van der Waals surface area contributed by atoms with Crippen LogP contribution in [0.5, 0.6) is 11.5 Å². The number of guanidine groups is 1. The Kier molecular flexibility index (Phi) is 7.83. The number of nitrogens with one attached hydrogen (secondary N) is 2. The molecule has 1 saturated heterocycles. The predicted octanol–water partition coefficient (Wildman–Crippen LogP) is 3.02. The van der Waals surface area contributed by atoms with Crippen molar-refractivity contribution >= 4 is 5.96 Å². The fourth-order valence-electron chi connectivity index (χ4n) is 4.09. The predicted molar refractivity (Wildman–Crippen MR) is 114 cm³/mol. The maximum Gasteiger partial charge on any atom is 0.191 e. The molecule has 1 aromatic carbocycles. The Balaban J connectivity index is 1.66. The summed E-state index contributed by atoms with van der Waals surface area (Å²) in [7, 11) is 3.89. The van der Waals surface area contributed by atoms with Gasteiger partial charge < -0.3 is 25.0 Å². The molecular weight excluding hydrogens is 352 g/mol. The molecule has 0 spiro atoms. The summed E-state index contributed by atoms with van der Waals surface area (Å²) in [5, 5.41) is 6.88. The standard InChI is InChI=1S/C22H36N4O2/c1-4-23-22(24-14-17-12-13-26(2)16-17)25-15-18-8-7-11-20(27-3)21(18)28-19-9-5-6-10-19/h7-8,11,17,19H,4-6,9-10,12-16H2,1-3H3,(H2,23,24,25). The monoisotopic (exact) mass is 388 g/mol. The van der Waals surface area contributed by atoms with E-state index in [4.69, 9.17) is 14.5 Å². The zero-order valence-corrected chi connectivity index (χ0v) is 17.7. The van der Waals surface area contributed by atoms with Gasteiger partial charge in [-0.1, -0.05) is 12.1 Å². The van der Waals surface area contributed by atoms with E-state index in [0.717, 1.165) is 55.5 Å². The highest BCUT2D eigenvalue weighted by atomic mass is 16.5. The van der Waals surface area contributed by atoms with Crippen LogP contribution in [0.1, 0.15) is 44.6 Å². The van der Waals surface area contributed by atoms with Gasteiger partial charge in [-0.3, -0.25) is 0 Å². The first-order chi connectivity index (χ1) is 13.7. The average Bonchev–Trinajstić information content (AvgIpc) is 3.36. The van der Waals surface area contributed by atoms with Crippen molar-refractivity contribution in [1.29, 1.82) is 0 Å². The molecule has 0 amide bonds. The highest BCUT2D eigenvalue weighted by Gasteiger charge is 2.21. The Morgan fingerprint density at radius 3 is 2.71 bits per heavy atom. The molecule has 3 rings (SSSR count). The van der Waals surface area contributed by atoms with E-state index in [1.165, 1.54) is 25.8 Å². The van der Waals surface area contributed by atoms with Gasteiger partial charge in [0, 0.05) is 25.2 Å². The molecule has 156 valence electrons. The molecule has 1 aromatic rings. The lowest BCUT2D eigenvalue weighted by molar-refractivity contribution is 0.198. The molecule has 1 saturated carbocycles. The Morgan fingerprint density at radius 1 is 1.21 bits per heavy atom. The maximum atomic E-state index is 6.33. The number of hydrogen-bond acceptors (Lipinski definition) is 4. The Bertz CT molecular complexity index is 643. The van der Waals surface area contributed by atoms with E-state index in [1.54, 1.807) is 7.11 Å². The van der Waals surface area contributed by atoms with Crippen LogP contribution in [0.15, 0.2) is 23.2 Å². The first-order valence-corrected chi connectivity index (χ1v) is 10.7. The van der Waals surface area contributed by atoms with Gasteiger partial charge in [-0.15, -0.1) is 0 Å². The number of hydrogen-bond donors (Lipinski definition) is 2. The van der Waals surface area contributed by atoms with Crippen molar-refractivity contribution in [2.75, 3.05) is 40.3 Å². The van der Waals surface area contributed by atoms with Gasteiger partial charge in [-0.25, -0.2) is 4.99 Å². The normalized spacial score (nSPS) is 21.1. The van der Waals surface area contributed by atoms with Gasteiger partial charge in [-0.2, -0.15) is 0 Å². The smallest absolute Gasteiger partial charge is 0.191 e. The Morgan fingerprint density at radius 2 is 2.04 bits per heavy atom. The van der Waals surface area contributed by atoms with Gasteiger partial charge in [0.15, 0.2) is 17.5 Å². The van der Waals surface area contributed by atoms with Crippen LogP contribution < -0.4 is 20.1 Å². The molecule has 2 aliphatic rings. The van der Waals surface area contributed by atoms with Crippen LogP contribution >= 0.6 is 0 Å². The van der Waals surface area contributed by atoms with E-state index in [1.807, 2.05) is 12.1 Å². The number of para-hydroxylation sites is 1. The van der Waals surface area contributed by atoms with Crippen molar-refractivity contribution in [3.05, 3.63) is 23.8 Å². The quantitative estimate of drug-likeness (QED) is 0.530. The van der Waals surface area contributed by atoms with Crippen molar-refractivity contribution in [3.8, 4) is 11.5 Å². The second kappa shape index (κ2) is 10.6. The van der Waals surface area contributed by atoms with Crippen LogP contribution in [0.25, 0.3) is 0 Å². The Labute approximate surface area is 169 Å². The number of ether oxygens (including phenoxy) is 2. The fraction of sp³-hybridized carbons (Fsp3) is 0.682. The van der Waals surface area contributed by atoms with Crippen LogP contribution in [-0.4, -0.2) is 57.3 Å². The third kappa shape index (κ3) is 5.77. The molecule has 1 heterocycles. The average molecular weight is 389 g/mol. The minimum atomic E-state index is 0.296. The van der Waals surface area contributed by atoms with E-state index in [-0.39, 0.29) is 0 Å². The molecule has 1 unspecified atom stereocenters. The van der Waals surface area contributed by atoms with Crippen LogP contribution in [0, 0.1) is 5.92 Å². The molecule has 0 radical (unpaired) electrons. The van der Waals surface area contributed by atoms with Gasteiger partial charge in [0.05, 0.1) is 19.8 Å². The van der Waals surface area contributed by atoms with Crippen molar-refractivity contribution in [3.63, 3.8) is 0 Å². The van der Waals surface area contributed by atoms with Crippen molar-refractivity contribution < 1.29 is 9.47 Å². The molecule has 1 aliphatic heterocycles. The first kappa shape index (κ1) is 20.8. The molecule has 2 fully saturated rings. The topological polar surface area (TPSA) is 58.1 Å². The summed E-state index contributed by atoms with van der Waals surface area (Å²) < 4.78 is 11.9. The van der Waals surface area contributed by atoms with Gasteiger partial charge in [0.25, 0.3) is 0 Å². The molecule has 0 aromatic heterocycles. The van der Waals surface area contributed by atoms with Crippen molar-refractivity contribution in [2.24, 2.45) is 10.9 Å². The fourth-order valence-corrected chi connectivity index (χ4v) is 4.09. The number of likely N-dealkylation sites (tertiary alicyclic amines) is 1. The molecule has 2 N–H and O–H groups in total. The molecular formula is C22H36N4O2. The van der Waals surface area contributed by atoms with Crippen LogP contribution in [0.3, 0.4) is 0 Å². The molecule has 6 nitrogen and oxygen atoms in total. The summed E-state index contributed by atoms with van der Waals surface area (Å²) in [5.41, 5.74) is 1.07. The zero-order valence-electron chi connectivity index (χ0n) is 17.7. The highest BCUT2D eigenvalue weighted by Crippen LogP contribution is 2.35. The molecule has 1 atom stereocenters. The summed E-state index contributed by atoms with van der Waals surface area (Å²) in [6, 6.07) is 6.07. The summed E-state index contributed by atoms with van der Waals surface area (Å²) >= 11 is 0. The summed E-state index contributed by atoms with van der Waals surface area (Å²) in [4.78, 5) is 7.21. The van der Waals surface area contributed by atoms with Crippen LogP contribution in [-0.2, 0) is 6.54 Å². The number of nitrogens with zero attached hydrogens (tertiary/aromatic N) is 2. The number of methoxy groups -OCH3 is 1. The van der Waals surface area contributed by atoms with Crippen LogP contribution in [0.2, 0.25) is 0 Å². The third-order valence-corrected chi connectivity index (χ3v) is 5.67. The molecule has 0 bridgehead atoms. The lowest BCUT2D eigenvalue weighted by Gasteiger charge is -2.19. The SMILES string of the molecule is CCNC(=NCc1cccc(OC)c1OC1CCCC1)NCC1CCN(C)C1. The maximum absolute atomic E-state index is 6.33. The highest BCUT2D eigenvalue weighted by molar-refractivity contribution is 5.79. The van der Waals surface area contributed by atoms with E-state index in [0.29, 0.717) is 18.6 Å². The largest absolute Gasteiger partial charge is 0.493 e. The summed E-state index contributed by atoms with van der Waals surface area (Å²) in [5.74, 6) is 3.21. The summed E-state index contributed by atoms with van der Waals surface area (Å²) in [6.45, 7) is 6.81. The molecule has 6 heteroatoms. The van der Waals surface area contributed by atoms with E-state index < -0.39 is 0 Å². The van der Waals surface area contributed by atoms with Gasteiger partial charge in [0.2, 0.25) is 0 Å². The minimum absolute atomic E-state index is 0.296. The van der Waals surface area contributed by atoms with E-state index in [2.05, 4.69) is 35.6 Å². The van der Waals surface area contributed by atoms with Gasteiger partial charge in [-0.05, 0) is 64.6 Å². The van der Waals surface area contributed by atoms with Crippen LogP contribution in [0.4, 0.5) is 0 Å². The van der Waals surface area contributed by atoms with Crippen molar-refractivity contribution in [2.45, 2.75) is 51.7 Å². The minimum Gasteiger partial charge on any atom is -0.493 e. The first-order valence-electron chi connectivity index (χ1n) is 10.7. The second-order valence-corrected chi connectivity index (χ2v) is 7.97. The number of rotatable bonds is 8. The van der Waals surface area contributed by atoms with Gasteiger partial charge in [0.1, 0.15) is 0 Å². The molecule has 1 aliphatic carbocycles. The Hall–Kier alpha value is -1.95. The van der Waals surface area contributed by atoms with E-state index >= 15 is 0 Å². The third-order valence-electron chi connectivity index (χ3n) is 5.67. The summed E-state index contributed by atoms with van der Waals surface area (Å²) in [6.07, 6.45) is 6.29. The van der Waals surface area contributed by atoms with Crippen molar-refractivity contribution in [1.82, 2.24) is 15.5 Å². The van der Waals surface area contributed by atoms with Gasteiger partial charge >= 0.3 is 0 Å².